The van der Waals surface area contributed by atoms with Gasteiger partial charge in [0.1, 0.15) is 11.6 Å². The second kappa shape index (κ2) is 7.08. The quantitative estimate of drug-likeness (QED) is 0.362. The van der Waals surface area contributed by atoms with E-state index in [1.54, 1.807) is 24.5 Å². The lowest BCUT2D eigenvalue weighted by molar-refractivity contribution is 0.476. The summed E-state index contributed by atoms with van der Waals surface area (Å²) in [5.74, 6) is 0.837. The number of benzene rings is 3. The Morgan fingerprint density at radius 2 is 1.72 bits per heavy atom. The number of nitrogens with one attached hydrogen (secondary N) is 1. The van der Waals surface area contributed by atoms with Crippen LogP contribution in [0.25, 0.3) is 32.8 Å². The van der Waals surface area contributed by atoms with Crippen LogP contribution < -0.4 is 5.32 Å². The van der Waals surface area contributed by atoms with E-state index in [4.69, 9.17) is 11.6 Å². The fraction of sp³-hybridized carbons (Fsp3) is 0. The van der Waals surface area contributed by atoms with Crippen molar-refractivity contribution in [3.63, 3.8) is 0 Å². The van der Waals surface area contributed by atoms with Crippen molar-refractivity contribution in [2.24, 2.45) is 0 Å². The van der Waals surface area contributed by atoms with Crippen molar-refractivity contribution in [2.45, 2.75) is 0 Å². The summed E-state index contributed by atoms with van der Waals surface area (Å²) in [6, 6.07) is 23.3. The molecule has 0 unspecified atom stereocenters. The van der Waals surface area contributed by atoms with Crippen molar-refractivity contribution in [3.05, 3.63) is 90.2 Å². The second-order valence-corrected chi connectivity index (χ2v) is 7.17. The van der Waals surface area contributed by atoms with E-state index in [1.807, 2.05) is 54.6 Å². The lowest BCUT2D eigenvalue weighted by Crippen LogP contribution is -1.95. The highest BCUT2D eigenvalue weighted by Crippen LogP contribution is 2.35. The minimum atomic E-state index is 0.0679. The fourth-order valence-corrected chi connectivity index (χ4v) is 3.65. The summed E-state index contributed by atoms with van der Waals surface area (Å²) in [6.07, 6.45) is 3.57. The van der Waals surface area contributed by atoms with Gasteiger partial charge >= 0.3 is 0 Å². The van der Waals surface area contributed by atoms with Gasteiger partial charge in [0.25, 0.3) is 0 Å². The zero-order chi connectivity index (χ0) is 19.8. The number of phenols is 1. The van der Waals surface area contributed by atoms with Gasteiger partial charge in [-0.2, -0.15) is 0 Å². The van der Waals surface area contributed by atoms with Crippen molar-refractivity contribution in [1.29, 1.82) is 0 Å². The number of anilines is 2. The molecule has 0 fully saturated rings. The normalized spacial score (nSPS) is 11.1. The number of phenolic OH excluding ortho intramolecular Hbond substituents is 1. The molecule has 0 aliphatic rings. The predicted octanol–water partition coefficient (Wildman–Crippen LogP) is 6.55. The maximum Gasteiger partial charge on any atom is 0.138 e. The fourth-order valence-electron chi connectivity index (χ4n) is 3.53. The number of aromatic hydroxyl groups is 1. The first-order valence-electron chi connectivity index (χ1n) is 9.17. The lowest BCUT2D eigenvalue weighted by atomic mass is 9.99. The molecule has 3 aromatic carbocycles. The van der Waals surface area contributed by atoms with E-state index in [9.17, 15) is 5.11 Å². The standard InChI is InChI=1S/C24H16ClN3O/c25-21-8-6-15(14-23(21)29)18-4-1-5-20-19(18)10-12-27-24(20)28-17-7-9-22-16(13-17)3-2-11-26-22/h1-14,29H,(H,27,28). The molecule has 2 N–H and O–H groups in total. The summed E-state index contributed by atoms with van der Waals surface area (Å²) < 4.78 is 0. The number of hydrogen-bond acceptors (Lipinski definition) is 4. The third-order valence-corrected chi connectivity index (χ3v) is 5.25. The van der Waals surface area contributed by atoms with Crippen LogP contribution in [-0.2, 0) is 0 Å². The zero-order valence-electron chi connectivity index (χ0n) is 15.3. The first-order valence-corrected chi connectivity index (χ1v) is 9.55. The summed E-state index contributed by atoms with van der Waals surface area (Å²) in [6.45, 7) is 0. The number of fused-ring (bicyclic) bond motifs is 2. The molecule has 5 rings (SSSR count). The molecule has 2 aromatic heterocycles. The predicted molar refractivity (Wildman–Crippen MR) is 119 cm³/mol. The van der Waals surface area contributed by atoms with Gasteiger partial charge in [0, 0.05) is 28.9 Å². The third kappa shape index (κ3) is 3.24. The van der Waals surface area contributed by atoms with Gasteiger partial charge in [-0.25, -0.2) is 4.98 Å². The van der Waals surface area contributed by atoms with Crippen molar-refractivity contribution in [3.8, 4) is 16.9 Å². The van der Waals surface area contributed by atoms with Gasteiger partial charge in [0.05, 0.1) is 10.5 Å². The summed E-state index contributed by atoms with van der Waals surface area (Å²) in [5.41, 5.74) is 3.79. The number of nitrogens with zero attached hydrogens (tertiary/aromatic N) is 2. The van der Waals surface area contributed by atoms with Crippen LogP contribution in [0.15, 0.2) is 85.2 Å². The van der Waals surface area contributed by atoms with E-state index >= 15 is 0 Å². The topological polar surface area (TPSA) is 58.0 Å². The minimum Gasteiger partial charge on any atom is -0.506 e. The van der Waals surface area contributed by atoms with Crippen LogP contribution in [0, 0.1) is 0 Å². The number of aromatic nitrogens is 2. The monoisotopic (exact) mass is 397 g/mol. The molecule has 0 spiro atoms. The Kier molecular flexibility index (Phi) is 4.26. The molecule has 2 heterocycles. The average Bonchev–Trinajstić information content (AvgIpc) is 2.75. The van der Waals surface area contributed by atoms with E-state index in [0.717, 1.165) is 44.3 Å². The third-order valence-electron chi connectivity index (χ3n) is 4.93. The van der Waals surface area contributed by atoms with E-state index in [1.165, 1.54) is 0 Å². The molecule has 0 aliphatic heterocycles. The summed E-state index contributed by atoms with van der Waals surface area (Å²) in [7, 11) is 0. The Morgan fingerprint density at radius 1 is 0.793 bits per heavy atom. The molecule has 0 amide bonds. The Labute approximate surface area is 172 Å². The van der Waals surface area contributed by atoms with Crippen molar-refractivity contribution in [1.82, 2.24) is 9.97 Å². The molecule has 5 aromatic rings. The van der Waals surface area contributed by atoms with E-state index in [2.05, 4.69) is 21.4 Å². The first kappa shape index (κ1) is 17.5. The van der Waals surface area contributed by atoms with Crippen LogP contribution in [0.3, 0.4) is 0 Å². The number of rotatable bonds is 3. The zero-order valence-corrected chi connectivity index (χ0v) is 16.1. The molecule has 0 saturated carbocycles. The highest BCUT2D eigenvalue weighted by Gasteiger charge is 2.10. The smallest absolute Gasteiger partial charge is 0.138 e. The van der Waals surface area contributed by atoms with Crippen LogP contribution in [-0.4, -0.2) is 15.1 Å². The highest BCUT2D eigenvalue weighted by atomic mass is 35.5. The molecule has 0 saturated heterocycles. The molecule has 4 nitrogen and oxygen atoms in total. The summed E-state index contributed by atoms with van der Waals surface area (Å²) in [5, 5.41) is 16.9. The molecule has 140 valence electrons. The van der Waals surface area contributed by atoms with Crippen molar-refractivity contribution < 1.29 is 5.11 Å². The van der Waals surface area contributed by atoms with Gasteiger partial charge in [-0.3, -0.25) is 4.98 Å². The molecule has 0 radical (unpaired) electrons. The first-order chi connectivity index (χ1) is 14.2. The van der Waals surface area contributed by atoms with Crippen LogP contribution >= 0.6 is 11.6 Å². The van der Waals surface area contributed by atoms with Gasteiger partial charge in [0.15, 0.2) is 0 Å². The summed E-state index contributed by atoms with van der Waals surface area (Å²) >= 11 is 5.97. The highest BCUT2D eigenvalue weighted by molar-refractivity contribution is 6.32. The van der Waals surface area contributed by atoms with Crippen molar-refractivity contribution in [2.75, 3.05) is 5.32 Å². The SMILES string of the molecule is Oc1cc(-c2cccc3c(Nc4ccc5ncccc5c4)nccc23)ccc1Cl. The Bertz CT molecular complexity index is 1370. The average molecular weight is 398 g/mol. The van der Waals surface area contributed by atoms with Gasteiger partial charge in [-0.1, -0.05) is 41.9 Å². The van der Waals surface area contributed by atoms with Gasteiger partial charge < -0.3 is 10.4 Å². The number of hydrogen-bond donors (Lipinski definition) is 2. The maximum atomic E-state index is 10.0. The molecule has 0 bridgehead atoms. The van der Waals surface area contributed by atoms with Crippen molar-refractivity contribution >= 4 is 44.8 Å². The van der Waals surface area contributed by atoms with Crippen LogP contribution in [0.5, 0.6) is 5.75 Å². The minimum absolute atomic E-state index is 0.0679. The van der Waals surface area contributed by atoms with E-state index in [0.29, 0.717) is 5.02 Å². The van der Waals surface area contributed by atoms with Gasteiger partial charge in [0.2, 0.25) is 0 Å². The van der Waals surface area contributed by atoms with E-state index < -0.39 is 0 Å². The molecule has 0 aliphatic carbocycles. The van der Waals surface area contributed by atoms with Gasteiger partial charge in [-0.05, 0) is 59.0 Å². The van der Waals surface area contributed by atoms with Crippen LogP contribution in [0.1, 0.15) is 0 Å². The van der Waals surface area contributed by atoms with Crippen LogP contribution in [0.4, 0.5) is 11.5 Å². The second-order valence-electron chi connectivity index (χ2n) is 6.76. The summed E-state index contributed by atoms with van der Waals surface area (Å²) in [4.78, 5) is 8.92. The molecule has 0 atom stereocenters. The Balaban J connectivity index is 1.60. The largest absolute Gasteiger partial charge is 0.506 e. The van der Waals surface area contributed by atoms with E-state index in [-0.39, 0.29) is 5.75 Å². The van der Waals surface area contributed by atoms with Crippen LogP contribution in [0.2, 0.25) is 5.02 Å². The number of pyridine rings is 2. The number of halogens is 1. The molecular formula is C24H16ClN3O. The lowest BCUT2D eigenvalue weighted by Gasteiger charge is -2.12. The van der Waals surface area contributed by atoms with Gasteiger partial charge in [-0.15, -0.1) is 0 Å². The maximum absolute atomic E-state index is 10.0. The molecule has 5 heteroatoms. The molecular weight excluding hydrogens is 382 g/mol. The Morgan fingerprint density at radius 3 is 2.62 bits per heavy atom. The Hall–Kier alpha value is -3.63. The molecule has 29 heavy (non-hydrogen) atoms.